The number of nitrogens with zero attached hydrogens (tertiary/aromatic N) is 6. The molecule has 14 heteroatoms. The molecule has 1 saturated heterocycles. The topological polar surface area (TPSA) is 128 Å². The van der Waals surface area contributed by atoms with Crippen molar-refractivity contribution in [2.24, 2.45) is 0 Å². The molecule has 6 rings (SSSR count). The zero-order chi connectivity index (χ0) is 26.8. The lowest BCUT2D eigenvalue weighted by Gasteiger charge is -2.38. The lowest BCUT2D eigenvalue weighted by atomic mass is 9.85. The van der Waals surface area contributed by atoms with Gasteiger partial charge in [-0.05, 0) is 51.7 Å². The molecule has 38 heavy (non-hydrogen) atoms. The van der Waals surface area contributed by atoms with E-state index >= 15 is 0 Å². The number of alkyl halides is 2. The second-order valence-corrected chi connectivity index (χ2v) is 13.3. The molecule has 0 bridgehead atoms. The van der Waals surface area contributed by atoms with Gasteiger partial charge in [0.05, 0.1) is 16.5 Å². The van der Waals surface area contributed by atoms with Crippen LogP contribution in [0.25, 0.3) is 16.2 Å². The van der Waals surface area contributed by atoms with Crippen molar-refractivity contribution >= 4 is 32.7 Å². The summed E-state index contributed by atoms with van der Waals surface area (Å²) in [4.78, 5) is 7.04. The second-order valence-electron chi connectivity index (χ2n) is 10.6. The van der Waals surface area contributed by atoms with Crippen LogP contribution in [-0.2, 0) is 10.0 Å². The van der Waals surface area contributed by atoms with Crippen LogP contribution >= 0.6 is 11.3 Å². The summed E-state index contributed by atoms with van der Waals surface area (Å²) >= 11 is 0.759. The van der Waals surface area contributed by atoms with Gasteiger partial charge in [-0.2, -0.15) is 9.98 Å². The first kappa shape index (κ1) is 25.5. The number of imidazole rings is 1. The molecule has 3 aliphatic rings. The van der Waals surface area contributed by atoms with Crippen LogP contribution in [0.15, 0.2) is 17.0 Å². The first-order valence-corrected chi connectivity index (χ1v) is 15.0. The number of nitriles is 1. The molecule has 3 aromatic rings. The summed E-state index contributed by atoms with van der Waals surface area (Å²) in [5.41, 5.74) is -0.274. The van der Waals surface area contributed by atoms with Gasteiger partial charge in [-0.25, -0.2) is 22.2 Å². The molecular formula is C24H28F2N8O2S2. The van der Waals surface area contributed by atoms with E-state index in [0.29, 0.717) is 43.0 Å². The Balaban J connectivity index is 1.58. The number of pyridine rings is 1. The molecule has 3 aromatic heterocycles. The third-order valence-electron chi connectivity index (χ3n) is 7.50. The van der Waals surface area contributed by atoms with Crippen molar-refractivity contribution in [3.05, 3.63) is 23.0 Å². The largest absolute Gasteiger partial charge is 0.355 e. The zero-order valence-corrected chi connectivity index (χ0v) is 22.6. The molecule has 2 aliphatic carbocycles. The number of halogens is 2. The smallest absolute Gasteiger partial charge is 0.291 e. The molecule has 0 amide bonds. The highest BCUT2D eigenvalue weighted by atomic mass is 32.2. The lowest BCUT2D eigenvalue weighted by Crippen LogP contribution is -2.54. The van der Waals surface area contributed by atoms with Crippen molar-refractivity contribution in [3.63, 3.8) is 0 Å². The molecule has 0 aromatic carbocycles. The molecule has 202 valence electrons. The number of anilines is 1. The Labute approximate surface area is 223 Å². The van der Waals surface area contributed by atoms with Gasteiger partial charge in [-0.1, -0.05) is 17.8 Å². The van der Waals surface area contributed by atoms with Crippen LogP contribution in [0.2, 0.25) is 0 Å². The summed E-state index contributed by atoms with van der Waals surface area (Å²) in [6, 6.07) is 5.56. The first-order valence-electron chi connectivity index (χ1n) is 12.7. The van der Waals surface area contributed by atoms with Crippen LogP contribution in [0.4, 0.5) is 14.6 Å². The SMILES string of the molecule is C[C@H]1CN(c2cc(S(=O)(=O)NC3(C#N)CC3)cc3c(-c4nnc(C(F)F)s4)nc(C4CCC4)n23)C[C@H](C)N1. The normalized spacial score (nSPS) is 23.5. The van der Waals surface area contributed by atoms with Crippen molar-refractivity contribution in [2.45, 2.75) is 80.8 Å². The molecule has 0 radical (unpaired) electrons. The second kappa shape index (κ2) is 9.18. The van der Waals surface area contributed by atoms with Crippen molar-refractivity contribution in [3.8, 4) is 16.8 Å². The van der Waals surface area contributed by atoms with Crippen LogP contribution in [0.3, 0.4) is 0 Å². The quantitative estimate of drug-likeness (QED) is 0.447. The fourth-order valence-electron chi connectivity index (χ4n) is 5.29. The summed E-state index contributed by atoms with van der Waals surface area (Å²) in [6.45, 7) is 5.44. The minimum Gasteiger partial charge on any atom is -0.355 e. The van der Waals surface area contributed by atoms with Crippen LogP contribution in [0.1, 0.15) is 69.1 Å². The van der Waals surface area contributed by atoms with E-state index in [1.165, 1.54) is 6.07 Å². The Kier molecular flexibility index (Phi) is 6.17. The predicted octanol–water partition coefficient (Wildman–Crippen LogP) is 3.58. The van der Waals surface area contributed by atoms with Gasteiger partial charge in [0.1, 0.15) is 22.9 Å². The van der Waals surface area contributed by atoms with E-state index in [9.17, 15) is 22.5 Å². The number of aromatic nitrogens is 4. The van der Waals surface area contributed by atoms with Crippen LogP contribution in [-0.4, -0.2) is 58.7 Å². The van der Waals surface area contributed by atoms with E-state index in [1.807, 2.05) is 4.40 Å². The van der Waals surface area contributed by atoms with E-state index < -0.39 is 27.0 Å². The molecule has 2 atom stereocenters. The summed E-state index contributed by atoms with van der Waals surface area (Å²) < 4.78 is 58.4. The standard InChI is InChI=1S/C24H28F2N8O2S2/c1-13-10-33(11-14(2)28-13)18-9-16(38(35,36)32-24(12-27)6-7-24)8-17-19(22-30-31-23(37-22)20(25)26)29-21(34(17)18)15-4-3-5-15/h8-9,13-15,20,28,32H,3-7,10-11H2,1-2H3/t13-,14-/m0/s1. The third-order valence-corrected chi connectivity index (χ3v) is 9.96. The Morgan fingerprint density at radius 3 is 2.47 bits per heavy atom. The Morgan fingerprint density at radius 1 is 1.21 bits per heavy atom. The fourth-order valence-corrected chi connectivity index (χ4v) is 7.40. The highest BCUT2D eigenvalue weighted by molar-refractivity contribution is 7.89. The summed E-state index contributed by atoms with van der Waals surface area (Å²) in [5, 5.41) is 20.5. The van der Waals surface area contributed by atoms with E-state index in [4.69, 9.17) is 4.98 Å². The maximum atomic E-state index is 13.6. The van der Waals surface area contributed by atoms with Gasteiger partial charge in [-0.15, -0.1) is 10.2 Å². The van der Waals surface area contributed by atoms with Crippen LogP contribution in [0, 0.1) is 11.3 Å². The van der Waals surface area contributed by atoms with Gasteiger partial charge in [0.15, 0.2) is 10.0 Å². The maximum absolute atomic E-state index is 13.6. The molecule has 2 saturated carbocycles. The average Bonchev–Trinajstić information content (AvgIpc) is 3.24. The number of nitrogens with one attached hydrogen (secondary N) is 2. The average molecular weight is 563 g/mol. The summed E-state index contributed by atoms with van der Waals surface area (Å²) in [5.74, 6) is 1.62. The molecule has 0 spiro atoms. The van der Waals surface area contributed by atoms with Gasteiger partial charge in [0.25, 0.3) is 6.43 Å². The molecule has 1 aliphatic heterocycles. The zero-order valence-electron chi connectivity index (χ0n) is 21.0. The highest BCUT2D eigenvalue weighted by Gasteiger charge is 2.47. The molecule has 2 N–H and O–H groups in total. The highest BCUT2D eigenvalue weighted by Crippen LogP contribution is 2.43. The van der Waals surface area contributed by atoms with E-state index in [0.717, 1.165) is 36.4 Å². The van der Waals surface area contributed by atoms with Crippen molar-refractivity contribution < 1.29 is 17.2 Å². The van der Waals surface area contributed by atoms with Gasteiger partial charge in [-0.3, -0.25) is 4.40 Å². The molecule has 0 unspecified atom stereocenters. The van der Waals surface area contributed by atoms with Crippen LogP contribution < -0.4 is 14.9 Å². The number of sulfonamides is 1. The Bertz CT molecular complexity index is 1530. The Morgan fingerprint density at radius 2 is 1.92 bits per heavy atom. The minimum atomic E-state index is -4.07. The molecule has 10 nitrogen and oxygen atoms in total. The number of hydrogen-bond acceptors (Lipinski definition) is 9. The first-order chi connectivity index (χ1) is 18.1. The molecule has 3 fully saturated rings. The maximum Gasteiger partial charge on any atom is 0.291 e. The van der Waals surface area contributed by atoms with E-state index in [1.54, 1.807) is 6.07 Å². The summed E-state index contributed by atoms with van der Waals surface area (Å²) in [7, 11) is -4.07. The predicted molar refractivity (Wildman–Crippen MR) is 138 cm³/mol. The lowest BCUT2D eigenvalue weighted by molar-refractivity contribution is 0.150. The van der Waals surface area contributed by atoms with Crippen molar-refractivity contribution in [1.82, 2.24) is 29.6 Å². The third kappa shape index (κ3) is 4.45. The van der Waals surface area contributed by atoms with E-state index in [2.05, 4.69) is 45.1 Å². The van der Waals surface area contributed by atoms with Gasteiger partial charge >= 0.3 is 0 Å². The van der Waals surface area contributed by atoms with E-state index in [-0.39, 0.29) is 27.9 Å². The molecule has 4 heterocycles. The van der Waals surface area contributed by atoms with Crippen molar-refractivity contribution in [2.75, 3.05) is 18.0 Å². The van der Waals surface area contributed by atoms with Crippen molar-refractivity contribution in [1.29, 1.82) is 5.26 Å². The fraction of sp³-hybridized carbons (Fsp3) is 0.583. The molecular weight excluding hydrogens is 534 g/mol. The minimum absolute atomic E-state index is 0.000251. The van der Waals surface area contributed by atoms with Gasteiger partial charge < -0.3 is 10.2 Å². The number of rotatable bonds is 7. The van der Waals surface area contributed by atoms with Gasteiger partial charge in [0.2, 0.25) is 10.0 Å². The monoisotopic (exact) mass is 562 g/mol. The van der Waals surface area contributed by atoms with Gasteiger partial charge in [0, 0.05) is 31.1 Å². The Hall–Kier alpha value is -2.73. The number of fused-ring (bicyclic) bond motifs is 1. The summed E-state index contributed by atoms with van der Waals surface area (Å²) in [6.07, 6.45) is 1.09. The number of piperazine rings is 1. The number of hydrogen-bond donors (Lipinski definition) is 2. The van der Waals surface area contributed by atoms with Crippen LogP contribution in [0.5, 0.6) is 0 Å².